The number of hydrogen-bond donors (Lipinski definition) is 2. The van der Waals surface area contributed by atoms with Crippen LogP contribution in [0.2, 0.25) is 0 Å². The van der Waals surface area contributed by atoms with Crippen LogP contribution in [-0.4, -0.2) is 36.3 Å². The van der Waals surface area contributed by atoms with Crippen LogP contribution in [0.25, 0.3) is 0 Å². The lowest BCUT2D eigenvalue weighted by molar-refractivity contribution is 0.427. The molecule has 1 aliphatic carbocycles. The van der Waals surface area contributed by atoms with Gasteiger partial charge in [-0.15, -0.1) is 0 Å². The summed E-state index contributed by atoms with van der Waals surface area (Å²) in [5.41, 5.74) is -0.305. The number of nitrogens with zero attached hydrogens (tertiary/aromatic N) is 2. The topological polar surface area (TPSA) is 76.0 Å². The molecule has 1 fully saturated rings. The van der Waals surface area contributed by atoms with E-state index >= 15 is 0 Å². The second-order valence-electron chi connectivity index (χ2n) is 6.42. The Hall–Kier alpha value is -0.920. The highest BCUT2D eigenvalue weighted by molar-refractivity contribution is 7.89. The standard InChI is InChI=1S/C14H26N4O2S/c1-12(2)15-8-9-18-11-13(10-16-18)21(19,20)17-14(3)6-4-5-7-14/h10-12,15,17H,4-9H2,1-3H3. The van der Waals surface area contributed by atoms with Crippen LogP contribution in [0.4, 0.5) is 0 Å². The van der Waals surface area contributed by atoms with Gasteiger partial charge in [0.2, 0.25) is 10.0 Å². The summed E-state index contributed by atoms with van der Waals surface area (Å²) in [5, 5.41) is 7.41. The van der Waals surface area contributed by atoms with E-state index in [0.29, 0.717) is 12.6 Å². The molecule has 2 N–H and O–H groups in total. The van der Waals surface area contributed by atoms with Crippen LogP contribution in [0.5, 0.6) is 0 Å². The van der Waals surface area contributed by atoms with Crippen molar-refractivity contribution in [2.75, 3.05) is 6.54 Å². The summed E-state index contributed by atoms with van der Waals surface area (Å²) >= 11 is 0. The van der Waals surface area contributed by atoms with Crippen molar-refractivity contribution in [3.05, 3.63) is 12.4 Å². The van der Waals surface area contributed by atoms with Crippen molar-refractivity contribution in [1.29, 1.82) is 0 Å². The minimum atomic E-state index is -3.48. The van der Waals surface area contributed by atoms with Gasteiger partial charge in [-0.05, 0) is 19.8 Å². The number of rotatable bonds is 7. The van der Waals surface area contributed by atoms with Crippen molar-refractivity contribution in [3.63, 3.8) is 0 Å². The van der Waals surface area contributed by atoms with Gasteiger partial charge in [0, 0.05) is 24.3 Å². The summed E-state index contributed by atoms with van der Waals surface area (Å²) in [5.74, 6) is 0. The van der Waals surface area contributed by atoms with E-state index < -0.39 is 10.0 Å². The molecule has 0 bridgehead atoms. The molecule has 21 heavy (non-hydrogen) atoms. The van der Waals surface area contributed by atoms with Crippen LogP contribution in [-0.2, 0) is 16.6 Å². The molecule has 6 nitrogen and oxygen atoms in total. The lowest BCUT2D eigenvalue weighted by atomic mass is 10.0. The van der Waals surface area contributed by atoms with Crippen LogP contribution in [0.3, 0.4) is 0 Å². The van der Waals surface area contributed by atoms with E-state index in [4.69, 9.17) is 0 Å². The molecule has 7 heteroatoms. The summed E-state index contributed by atoms with van der Waals surface area (Å²) in [6.07, 6.45) is 6.99. The van der Waals surface area contributed by atoms with E-state index in [-0.39, 0.29) is 10.4 Å². The highest BCUT2D eigenvalue weighted by Gasteiger charge is 2.33. The molecule has 0 unspecified atom stereocenters. The Bertz CT molecular complexity index is 559. The van der Waals surface area contributed by atoms with Crippen LogP contribution >= 0.6 is 0 Å². The Kier molecular flexibility index (Phi) is 5.06. The molecule has 0 amide bonds. The highest BCUT2D eigenvalue weighted by atomic mass is 32.2. The predicted molar refractivity (Wildman–Crippen MR) is 82.6 cm³/mol. The molecule has 1 aromatic heterocycles. The zero-order valence-electron chi connectivity index (χ0n) is 13.1. The van der Waals surface area contributed by atoms with Crippen molar-refractivity contribution >= 4 is 10.0 Å². The second kappa shape index (κ2) is 6.46. The van der Waals surface area contributed by atoms with Crippen molar-refractivity contribution < 1.29 is 8.42 Å². The maximum absolute atomic E-state index is 12.4. The molecule has 0 radical (unpaired) electrons. The maximum Gasteiger partial charge on any atom is 0.244 e. The van der Waals surface area contributed by atoms with Gasteiger partial charge in [-0.3, -0.25) is 4.68 Å². The predicted octanol–water partition coefficient (Wildman–Crippen LogP) is 1.49. The third kappa shape index (κ3) is 4.52. The Balaban J connectivity index is 1.99. The number of sulfonamides is 1. The molecular formula is C14H26N4O2S. The van der Waals surface area contributed by atoms with Gasteiger partial charge < -0.3 is 5.32 Å². The van der Waals surface area contributed by atoms with Crippen molar-refractivity contribution in [2.24, 2.45) is 0 Å². The fourth-order valence-corrected chi connectivity index (χ4v) is 4.13. The zero-order valence-corrected chi connectivity index (χ0v) is 13.9. The van der Waals surface area contributed by atoms with E-state index in [0.717, 1.165) is 32.2 Å². The quantitative estimate of drug-likeness (QED) is 0.799. The van der Waals surface area contributed by atoms with Crippen LogP contribution < -0.4 is 10.0 Å². The average Bonchev–Trinajstić information content (AvgIpc) is 2.98. The first-order valence-electron chi connectivity index (χ1n) is 7.61. The Morgan fingerprint density at radius 3 is 2.67 bits per heavy atom. The zero-order chi connectivity index (χ0) is 15.5. The first kappa shape index (κ1) is 16.5. The Morgan fingerprint density at radius 2 is 2.05 bits per heavy atom. The summed E-state index contributed by atoms with van der Waals surface area (Å²) in [6.45, 7) is 7.56. The van der Waals surface area contributed by atoms with Gasteiger partial charge in [0.1, 0.15) is 4.90 Å². The molecule has 0 aromatic carbocycles. The molecule has 0 aliphatic heterocycles. The molecule has 120 valence electrons. The molecule has 2 rings (SSSR count). The first-order chi connectivity index (χ1) is 9.81. The summed E-state index contributed by atoms with van der Waals surface area (Å²) in [6, 6.07) is 0.410. The van der Waals surface area contributed by atoms with E-state index in [2.05, 4.69) is 29.0 Å². The Morgan fingerprint density at radius 1 is 1.38 bits per heavy atom. The van der Waals surface area contributed by atoms with Crippen LogP contribution in [0.15, 0.2) is 17.3 Å². The van der Waals surface area contributed by atoms with E-state index in [9.17, 15) is 8.42 Å². The third-order valence-electron chi connectivity index (χ3n) is 3.90. The van der Waals surface area contributed by atoms with E-state index in [1.54, 1.807) is 10.9 Å². The molecule has 1 heterocycles. The van der Waals surface area contributed by atoms with E-state index in [1.165, 1.54) is 6.20 Å². The molecule has 1 aliphatic rings. The molecule has 1 aromatic rings. The third-order valence-corrected chi connectivity index (χ3v) is 5.49. The normalized spacial score (nSPS) is 18.5. The van der Waals surface area contributed by atoms with Gasteiger partial charge in [0.05, 0.1) is 12.7 Å². The minimum absolute atomic E-state index is 0.250. The lowest BCUT2D eigenvalue weighted by Crippen LogP contribution is -2.43. The van der Waals surface area contributed by atoms with Gasteiger partial charge in [-0.25, -0.2) is 13.1 Å². The molecular weight excluding hydrogens is 288 g/mol. The number of nitrogens with one attached hydrogen (secondary N) is 2. The number of hydrogen-bond acceptors (Lipinski definition) is 4. The largest absolute Gasteiger partial charge is 0.313 e. The van der Waals surface area contributed by atoms with Crippen molar-refractivity contribution in [3.8, 4) is 0 Å². The monoisotopic (exact) mass is 314 g/mol. The smallest absolute Gasteiger partial charge is 0.244 e. The van der Waals surface area contributed by atoms with Gasteiger partial charge >= 0.3 is 0 Å². The molecule has 0 spiro atoms. The molecule has 0 saturated heterocycles. The molecule has 1 saturated carbocycles. The summed E-state index contributed by atoms with van der Waals surface area (Å²) in [4.78, 5) is 0.250. The fourth-order valence-electron chi connectivity index (χ4n) is 2.71. The fraction of sp³-hybridized carbons (Fsp3) is 0.786. The highest BCUT2D eigenvalue weighted by Crippen LogP contribution is 2.30. The summed E-state index contributed by atoms with van der Waals surface area (Å²) in [7, 11) is -3.48. The van der Waals surface area contributed by atoms with Crippen LogP contribution in [0.1, 0.15) is 46.5 Å². The minimum Gasteiger partial charge on any atom is -0.313 e. The summed E-state index contributed by atoms with van der Waals surface area (Å²) < 4.78 is 29.3. The van der Waals surface area contributed by atoms with Crippen molar-refractivity contribution in [1.82, 2.24) is 19.8 Å². The van der Waals surface area contributed by atoms with Gasteiger partial charge in [-0.2, -0.15) is 5.10 Å². The van der Waals surface area contributed by atoms with Gasteiger partial charge in [0.25, 0.3) is 0 Å². The SMILES string of the molecule is CC(C)NCCn1cc(S(=O)(=O)NC2(C)CCCC2)cn1. The van der Waals surface area contributed by atoms with Crippen molar-refractivity contribution in [2.45, 2.75) is 69.5 Å². The lowest BCUT2D eigenvalue weighted by Gasteiger charge is -2.24. The van der Waals surface area contributed by atoms with Gasteiger partial charge in [0.15, 0.2) is 0 Å². The van der Waals surface area contributed by atoms with Gasteiger partial charge in [-0.1, -0.05) is 26.7 Å². The maximum atomic E-state index is 12.4. The van der Waals surface area contributed by atoms with Crippen LogP contribution in [0, 0.1) is 0 Å². The average molecular weight is 314 g/mol. The van der Waals surface area contributed by atoms with E-state index in [1.807, 2.05) is 6.92 Å². The number of aromatic nitrogens is 2. The second-order valence-corrected chi connectivity index (χ2v) is 8.10. The Labute approximate surface area is 127 Å². The first-order valence-corrected chi connectivity index (χ1v) is 9.09. The molecule has 0 atom stereocenters.